The van der Waals surface area contributed by atoms with Gasteiger partial charge in [-0.1, -0.05) is 11.6 Å². The number of aryl methyl sites for hydroxylation is 1. The van der Waals surface area contributed by atoms with Gasteiger partial charge < -0.3 is 10.2 Å². The SMILES string of the molecule is Cc1nc2ccc(Cl)cn2c1C(=O)NCCC(C)N1CCN(C)CC1. The van der Waals surface area contributed by atoms with Crippen LogP contribution in [-0.4, -0.2) is 70.9 Å². The van der Waals surface area contributed by atoms with E-state index in [1.807, 2.05) is 13.0 Å². The molecule has 7 heteroatoms. The van der Waals surface area contributed by atoms with E-state index in [0.717, 1.165) is 38.2 Å². The van der Waals surface area contributed by atoms with Gasteiger partial charge in [0.15, 0.2) is 0 Å². The lowest BCUT2D eigenvalue weighted by Gasteiger charge is -2.36. The van der Waals surface area contributed by atoms with E-state index in [2.05, 4.69) is 34.1 Å². The lowest BCUT2D eigenvalue weighted by molar-refractivity contribution is 0.0929. The highest BCUT2D eigenvalue weighted by Gasteiger charge is 2.20. The zero-order valence-electron chi connectivity index (χ0n) is 15.1. The molecule has 3 heterocycles. The molecule has 1 amide bonds. The van der Waals surface area contributed by atoms with E-state index in [1.54, 1.807) is 16.7 Å². The summed E-state index contributed by atoms with van der Waals surface area (Å²) in [7, 11) is 2.16. The number of aromatic nitrogens is 2. The number of halogens is 1. The monoisotopic (exact) mass is 363 g/mol. The average Bonchev–Trinajstić information content (AvgIpc) is 2.90. The minimum absolute atomic E-state index is 0.0992. The van der Waals surface area contributed by atoms with Crippen molar-refractivity contribution in [2.45, 2.75) is 26.3 Å². The van der Waals surface area contributed by atoms with Crippen LogP contribution in [-0.2, 0) is 0 Å². The predicted molar refractivity (Wildman–Crippen MR) is 100 cm³/mol. The smallest absolute Gasteiger partial charge is 0.270 e. The Hall–Kier alpha value is -1.63. The molecule has 25 heavy (non-hydrogen) atoms. The third kappa shape index (κ3) is 4.14. The maximum absolute atomic E-state index is 12.6. The molecule has 136 valence electrons. The number of imidazole rings is 1. The van der Waals surface area contributed by atoms with Crippen molar-refractivity contribution in [1.82, 2.24) is 24.5 Å². The van der Waals surface area contributed by atoms with Gasteiger partial charge in [-0.25, -0.2) is 4.98 Å². The summed E-state index contributed by atoms with van der Waals surface area (Å²) in [6.07, 6.45) is 2.67. The number of pyridine rings is 1. The summed E-state index contributed by atoms with van der Waals surface area (Å²) in [6, 6.07) is 4.07. The zero-order chi connectivity index (χ0) is 18.0. The first-order valence-electron chi connectivity index (χ1n) is 8.80. The van der Waals surface area contributed by atoms with Gasteiger partial charge in [0.1, 0.15) is 11.3 Å². The maximum atomic E-state index is 12.6. The molecule has 2 aromatic heterocycles. The number of hydrogen-bond acceptors (Lipinski definition) is 4. The lowest BCUT2D eigenvalue weighted by atomic mass is 10.1. The van der Waals surface area contributed by atoms with Gasteiger partial charge >= 0.3 is 0 Å². The first-order valence-corrected chi connectivity index (χ1v) is 9.18. The number of nitrogens with zero attached hydrogens (tertiary/aromatic N) is 4. The van der Waals surface area contributed by atoms with Crippen LogP contribution < -0.4 is 5.32 Å². The Bertz CT molecular complexity index is 751. The van der Waals surface area contributed by atoms with Gasteiger partial charge in [-0.05, 0) is 39.4 Å². The fourth-order valence-electron chi connectivity index (χ4n) is 3.33. The first kappa shape index (κ1) is 18.2. The van der Waals surface area contributed by atoms with E-state index in [0.29, 0.717) is 29.0 Å². The number of carbonyl (C=O) groups excluding carboxylic acids is 1. The normalized spacial score (nSPS) is 17.8. The number of hydrogen-bond donors (Lipinski definition) is 1. The molecule has 1 atom stereocenters. The van der Waals surface area contributed by atoms with E-state index in [4.69, 9.17) is 11.6 Å². The predicted octanol–water partition coefficient (Wildman–Crippen LogP) is 2.05. The highest BCUT2D eigenvalue weighted by atomic mass is 35.5. The van der Waals surface area contributed by atoms with Gasteiger partial charge in [0.25, 0.3) is 5.91 Å². The van der Waals surface area contributed by atoms with Crippen LogP contribution in [0.15, 0.2) is 18.3 Å². The van der Waals surface area contributed by atoms with Crippen LogP contribution in [0, 0.1) is 6.92 Å². The Labute approximate surface area is 153 Å². The molecule has 0 bridgehead atoms. The molecule has 3 rings (SSSR count). The average molecular weight is 364 g/mol. The molecular formula is C18H26ClN5O. The second-order valence-electron chi connectivity index (χ2n) is 6.85. The fraction of sp³-hybridized carbons (Fsp3) is 0.556. The molecule has 0 aromatic carbocycles. The van der Waals surface area contributed by atoms with Gasteiger partial charge in [0.05, 0.1) is 10.7 Å². The van der Waals surface area contributed by atoms with Crippen molar-refractivity contribution < 1.29 is 4.79 Å². The van der Waals surface area contributed by atoms with Gasteiger partial charge in [0.2, 0.25) is 0 Å². The van der Waals surface area contributed by atoms with Crippen LogP contribution in [0.1, 0.15) is 29.5 Å². The molecule has 2 aromatic rings. The number of amides is 1. The number of likely N-dealkylation sites (N-methyl/N-ethyl adjacent to an activating group) is 1. The molecule has 0 radical (unpaired) electrons. The van der Waals surface area contributed by atoms with Crippen molar-refractivity contribution in [3.05, 3.63) is 34.7 Å². The van der Waals surface area contributed by atoms with Crippen molar-refractivity contribution in [1.29, 1.82) is 0 Å². The Morgan fingerprint density at radius 2 is 2.04 bits per heavy atom. The molecule has 0 spiro atoms. The molecule has 1 aliphatic heterocycles. The Balaban J connectivity index is 1.58. The van der Waals surface area contributed by atoms with Gasteiger partial charge in [0, 0.05) is 45.0 Å². The Kier molecular flexibility index (Phi) is 5.61. The maximum Gasteiger partial charge on any atom is 0.270 e. The van der Waals surface area contributed by atoms with Crippen LogP contribution in [0.2, 0.25) is 5.02 Å². The second-order valence-corrected chi connectivity index (χ2v) is 7.29. The molecule has 1 unspecified atom stereocenters. The summed E-state index contributed by atoms with van der Waals surface area (Å²) < 4.78 is 1.76. The summed E-state index contributed by atoms with van der Waals surface area (Å²) in [6.45, 7) is 9.14. The number of piperazine rings is 1. The molecule has 1 fully saturated rings. The summed E-state index contributed by atoms with van der Waals surface area (Å²) >= 11 is 6.06. The standard InChI is InChI=1S/C18H26ClN5O/c1-13(23-10-8-22(3)9-11-23)6-7-20-18(25)17-14(2)21-16-5-4-15(19)12-24(16)17/h4-5,12-13H,6-11H2,1-3H3,(H,20,25). The van der Waals surface area contributed by atoms with Crippen LogP contribution in [0.25, 0.3) is 5.65 Å². The number of rotatable bonds is 5. The quantitative estimate of drug-likeness (QED) is 0.883. The second kappa shape index (κ2) is 7.72. The zero-order valence-corrected chi connectivity index (χ0v) is 15.9. The number of carbonyl (C=O) groups is 1. The molecule has 1 saturated heterocycles. The molecule has 0 aliphatic carbocycles. The van der Waals surface area contributed by atoms with Crippen molar-refractivity contribution in [3.8, 4) is 0 Å². The Morgan fingerprint density at radius 1 is 1.32 bits per heavy atom. The van der Waals surface area contributed by atoms with Gasteiger partial charge in [-0.2, -0.15) is 0 Å². The summed E-state index contributed by atoms with van der Waals surface area (Å²) in [5, 5.41) is 3.62. The van der Waals surface area contributed by atoms with Gasteiger partial charge in [-0.3, -0.25) is 14.1 Å². The van der Waals surface area contributed by atoms with E-state index < -0.39 is 0 Å². The third-order valence-corrected chi connectivity index (χ3v) is 5.20. The highest BCUT2D eigenvalue weighted by molar-refractivity contribution is 6.30. The first-order chi connectivity index (χ1) is 12.0. The van der Waals surface area contributed by atoms with E-state index in [-0.39, 0.29) is 5.91 Å². The van der Waals surface area contributed by atoms with Crippen LogP contribution in [0.3, 0.4) is 0 Å². The van der Waals surface area contributed by atoms with E-state index >= 15 is 0 Å². The molecule has 6 nitrogen and oxygen atoms in total. The fourth-order valence-corrected chi connectivity index (χ4v) is 3.49. The van der Waals surface area contributed by atoms with E-state index in [9.17, 15) is 4.79 Å². The van der Waals surface area contributed by atoms with Crippen molar-refractivity contribution >= 4 is 23.2 Å². The molecule has 0 saturated carbocycles. The number of fused-ring (bicyclic) bond motifs is 1. The van der Waals surface area contributed by atoms with E-state index in [1.165, 1.54) is 0 Å². The topological polar surface area (TPSA) is 52.9 Å². The summed E-state index contributed by atoms with van der Waals surface area (Å²) in [4.78, 5) is 21.9. The molecule has 1 aliphatic rings. The van der Waals surface area contributed by atoms with Crippen LogP contribution in [0.4, 0.5) is 0 Å². The number of nitrogens with one attached hydrogen (secondary N) is 1. The Morgan fingerprint density at radius 3 is 2.76 bits per heavy atom. The summed E-state index contributed by atoms with van der Waals surface area (Å²) in [5.41, 5.74) is 2.01. The van der Waals surface area contributed by atoms with Crippen LogP contribution >= 0.6 is 11.6 Å². The minimum atomic E-state index is -0.0992. The van der Waals surface area contributed by atoms with Crippen molar-refractivity contribution in [2.75, 3.05) is 39.8 Å². The highest BCUT2D eigenvalue weighted by Crippen LogP contribution is 2.16. The van der Waals surface area contributed by atoms with Gasteiger partial charge in [-0.15, -0.1) is 0 Å². The molecular weight excluding hydrogens is 338 g/mol. The van der Waals surface area contributed by atoms with Crippen molar-refractivity contribution in [3.63, 3.8) is 0 Å². The lowest BCUT2D eigenvalue weighted by Crippen LogP contribution is -2.48. The minimum Gasteiger partial charge on any atom is -0.351 e. The van der Waals surface area contributed by atoms with Crippen LogP contribution in [0.5, 0.6) is 0 Å². The third-order valence-electron chi connectivity index (χ3n) is 4.98. The largest absolute Gasteiger partial charge is 0.351 e. The molecule has 1 N–H and O–H groups in total. The van der Waals surface area contributed by atoms with Crippen molar-refractivity contribution in [2.24, 2.45) is 0 Å². The summed E-state index contributed by atoms with van der Waals surface area (Å²) in [5.74, 6) is -0.0992.